The molecule has 0 aliphatic rings. The first-order chi connectivity index (χ1) is 11.2. The standard InChI is InChI=1S/C17H14ClN3OS/c18-14-3-1-2-13(10-14)16(22)20-9-6-15-11-23-17(21-15)12-4-7-19-8-5-12/h1-5,7-8,10-11H,6,9H2,(H,20,22). The molecule has 1 aromatic carbocycles. The van der Waals surface area contributed by atoms with E-state index >= 15 is 0 Å². The summed E-state index contributed by atoms with van der Waals surface area (Å²) in [6, 6.07) is 10.8. The molecule has 0 saturated carbocycles. The van der Waals surface area contributed by atoms with Crippen molar-refractivity contribution in [3.8, 4) is 10.6 Å². The number of amides is 1. The predicted molar refractivity (Wildman–Crippen MR) is 92.8 cm³/mol. The van der Waals surface area contributed by atoms with Crippen LogP contribution in [0, 0.1) is 0 Å². The van der Waals surface area contributed by atoms with Crippen molar-refractivity contribution in [3.05, 3.63) is 70.5 Å². The topological polar surface area (TPSA) is 54.9 Å². The fourth-order valence-corrected chi connectivity index (χ4v) is 3.14. The van der Waals surface area contributed by atoms with E-state index < -0.39 is 0 Å². The van der Waals surface area contributed by atoms with Gasteiger partial charge in [0.25, 0.3) is 5.91 Å². The maximum absolute atomic E-state index is 12.0. The van der Waals surface area contributed by atoms with Crippen LogP contribution in [0.4, 0.5) is 0 Å². The number of hydrogen-bond donors (Lipinski definition) is 1. The Morgan fingerprint density at radius 2 is 2.04 bits per heavy atom. The third-order valence-electron chi connectivity index (χ3n) is 3.23. The van der Waals surface area contributed by atoms with Crippen LogP contribution in [0.3, 0.4) is 0 Å². The quantitative estimate of drug-likeness (QED) is 0.766. The van der Waals surface area contributed by atoms with Gasteiger partial charge in [-0.1, -0.05) is 17.7 Å². The summed E-state index contributed by atoms with van der Waals surface area (Å²) in [6.07, 6.45) is 4.19. The molecule has 6 heteroatoms. The zero-order valence-corrected chi connectivity index (χ0v) is 13.8. The van der Waals surface area contributed by atoms with E-state index in [1.165, 1.54) is 0 Å². The summed E-state index contributed by atoms with van der Waals surface area (Å²) in [7, 11) is 0. The first-order valence-electron chi connectivity index (χ1n) is 7.11. The number of hydrogen-bond acceptors (Lipinski definition) is 4. The number of benzene rings is 1. The number of halogens is 1. The summed E-state index contributed by atoms with van der Waals surface area (Å²) >= 11 is 7.48. The summed E-state index contributed by atoms with van der Waals surface area (Å²) in [5.74, 6) is -0.128. The van der Waals surface area contributed by atoms with Crippen molar-refractivity contribution in [1.82, 2.24) is 15.3 Å². The van der Waals surface area contributed by atoms with Gasteiger partial charge in [0.1, 0.15) is 5.01 Å². The van der Waals surface area contributed by atoms with Gasteiger partial charge < -0.3 is 5.32 Å². The molecule has 2 heterocycles. The van der Waals surface area contributed by atoms with E-state index in [2.05, 4.69) is 15.3 Å². The first-order valence-corrected chi connectivity index (χ1v) is 8.37. The second-order valence-electron chi connectivity index (χ2n) is 4.90. The van der Waals surface area contributed by atoms with Gasteiger partial charge in [0.2, 0.25) is 0 Å². The zero-order valence-electron chi connectivity index (χ0n) is 12.2. The molecule has 23 heavy (non-hydrogen) atoms. The minimum Gasteiger partial charge on any atom is -0.352 e. The van der Waals surface area contributed by atoms with Crippen LogP contribution in [0.2, 0.25) is 5.02 Å². The molecule has 3 rings (SSSR count). The second kappa shape index (κ2) is 7.35. The lowest BCUT2D eigenvalue weighted by atomic mass is 10.2. The van der Waals surface area contributed by atoms with E-state index in [4.69, 9.17) is 11.6 Å². The van der Waals surface area contributed by atoms with Crippen molar-refractivity contribution in [2.24, 2.45) is 0 Å². The van der Waals surface area contributed by atoms with Gasteiger partial charge in [-0.05, 0) is 30.3 Å². The van der Waals surface area contributed by atoms with Gasteiger partial charge in [0.05, 0.1) is 5.69 Å². The molecule has 116 valence electrons. The van der Waals surface area contributed by atoms with Gasteiger partial charge in [-0.25, -0.2) is 4.98 Å². The number of aromatic nitrogens is 2. The summed E-state index contributed by atoms with van der Waals surface area (Å²) < 4.78 is 0. The molecule has 1 N–H and O–H groups in total. The summed E-state index contributed by atoms with van der Waals surface area (Å²) in [6.45, 7) is 0.533. The summed E-state index contributed by atoms with van der Waals surface area (Å²) in [5.41, 5.74) is 2.58. The number of nitrogens with one attached hydrogen (secondary N) is 1. The van der Waals surface area contributed by atoms with Crippen molar-refractivity contribution in [2.75, 3.05) is 6.54 Å². The Kier molecular flexibility index (Phi) is 5.00. The first kappa shape index (κ1) is 15.6. The van der Waals surface area contributed by atoms with E-state index in [0.29, 0.717) is 23.6 Å². The fraction of sp³-hybridized carbons (Fsp3) is 0.118. The average molecular weight is 344 g/mol. The van der Waals surface area contributed by atoms with Gasteiger partial charge in [-0.2, -0.15) is 0 Å². The third kappa shape index (κ3) is 4.15. The van der Waals surface area contributed by atoms with Crippen LogP contribution in [0.1, 0.15) is 16.1 Å². The minimum atomic E-state index is -0.128. The Balaban J connectivity index is 1.55. The second-order valence-corrected chi connectivity index (χ2v) is 6.19. The number of pyridine rings is 1. The van der Waals surface area contributed by atoms with Crippen LogP contribution in [-0.2, 0) is 6.42 Å². The number of rotatable bonds is 5. The third-order valence-corrected chi connectivity index (χ3v) is 4.41. The molecule has 0 fully saturated rings. The highest BCUT2D eigenvalue weighted by atomic mass is 35.5. The molecular formula is C17H14ClN3OS. The van der Waals surface area contributed by atoms with Gasteiger partial charge in [0, 0.05) is 46.9 Å². The highest BCUT2D eigenvalue weighted by Gasteiger charge is 2.07. The van der Waals surface area contributed by atoms with Gasteiger partial charge in [-0.3, -0.25) is 9.78 Å². The summed E-state index contributed by atoms with van der Waals surface area (Å²) in [5, 5.41) is 6.41. The lowest BCUT2D eigenvalue weighted by Crippen LogP contribution is -2.25. The Morgan fingerprint density at radius 1 is 1.22 bits per heavy atom. The van der Waals surface area contributed by atoms with Crippen molar-refractivity contribution in [3.63, 3.8) is 0 Å². The average Bonchev–Trinajstić information content (AvgIpc) is 3.04. The molecule has 0 atom stereocenters. The van der Waals surface area contributed by atoms with Crippen LogP contribution in [0.25, 0.3) is 10.6 Å². The van der Waals surface area contributed by atoms with Crippen LogP contribution in [0.5, 0.6) is 0 Å². The summed E-state index contributed by atoms with van der Waals surface area (Å²) in [4.78, 5) is 20.6. The lowest BCUT2D eigenvalue weighted by molar-refractivity contribution is 0.0954. The monoisotopic (exact) mass is 343 g/mol. The van der Waals surface area contributed by atoms with E-state index in [-0.39, 0.29) is 5.91 Å². The van der Waals surface area contributed by atoms with Gasteiger partial charge in [-0.15, -0.1) is 11.3 Å². The molecule has 0 unspecified atom stereocenters. The molecule has 0 aliphatic carbocycles. The minimum absolute atomic E-state index is 0.128. The van der Waals surface area contributed by atoms with Crippen LogP contribution >= 0.6 is 22.9 Å². The molecule has 0 bridgehead atoms. The molecule has 3 aromatic rings. The van der Waals surface area contributed by atoms with Crippen molar-refractivity contribution in [1.29, 1.82) is 0 Å². The molecule has 4 nitrogen and oxygen atoms in total. The molecule has 0 aliphatic heterocycles. The molecule has 0 saturated heterocycles. The maximum atomic E-state index is 12.0. The van der Waals surface area contributed by atoms with E-state index in [9.17, 15) is 4.79 Å². The number of carbonyl (C=O) groups is 1. The Labute approximate surface area is 143 Å². The van der Waals surface area contributed by atoms with Crippen molar-refractivity contribution >= 4 is 28.8 Å². The number of carbonyl (C=O) groups excluding carboxylic acids is 1. The number of nitrogens with zero attached hydrogens (tertiary/aromatic N) is 2. The SMILES string of the molecule is O=C(NCCc1csc(-c2ccncc2)n1)c1cccc(Cl)c1. The van der Waals surface area contributed by atoms with E-state index in [1.54, 1.807) is 48.0 Å². The largest absolute Gasteiger partial charge is 0.352 e. The van der Waals surface area contributed by atoms with E-state index in [0.717, 1.165) is 16.3 Å². The highest BCUT2D eigenvalue weighted by Crippen LogP contribution is 2.22. The van der Waals surface area contributed by atoms with Gasteiger partial charge in [0.15, 0.2) is 0 Å². The highest BCUT2D eigenvalue weighted by molar-refractivity contribution is 7.13. The lowest BCUT2D eigenvalue weighted by Gasteiger charge is -2.04. The predicted octanol–water partition coefficient (Wildman–Crippen LogP) is 3.83. The Morgan fingerprint density at radius 3 is 2.83 bits per heavy atom. The van der Waals surface area contributed by atoms with Crippen LogP contribution in [-0.4, -0.2) is 22.4 Å². The van der Waals surface area contributed by atoms with Crippen LogP contribution in [0.15, 0.2) is 54.2 Å². The normalized spacial score (nSPS) is 10.5. The molecule has 2 aromatic heterocycles. The molecule has 0 spiro atoms. The van der Waals surface area contributed by atoms with Crippen molar-refractivity contribution in [2.45, 2.75) is 6.42 Å². The zero-order chi connectivity index (χ0) is 16.1. The Bertz CT molecular complexity index is 804. The number of thiazole rings is 1. The molecule has 1 amide bonds. The van der Waals surface area contributed by atoms with Crippen LogP contribution < -0.4 is 5.32 Å². The maximum Gasteiger partial charge on any atom is 0.251 e. The fourth-order valence-electron chi connectivity index (χ4n) is 2.08. The smallest absolute Gasteiger partial charge is 0.251 e. The van der Waals surface area contributed by atoms with Crippen molar-refractivity contribution < 1.29 is 4.79 Å². The van der Waals surface area contributed by atoms with E-state index in [1.807, 2.05) is 17.5 Å². The molecular weight excluding hydrogens is 330 g/mol. The molecule has 0 radical (unpaired) electrons. The van der Waals surface area contributed by atoms with Gasteiger partial charge >= 0.3 is 0 Å². The Hall–Kier alpha value is -2.24.